The fourth-order valence-corrected chi connectivity index (χ4v) is 2.18. The molecule has 0 aliphatic heterocycles. The second kappa shape index (κ2) is 8.11. The van der Waals surface area contributed by atoms with Gasteiger partial charge in [-0.3, -0.25) is 0 Å². The second-order valence-corrected chi connectivity index (χ2v) is 6.57. The summed E-state index contributed by atoms with van der Waals surface area (Å²) in [7, 11) is 0. The molecule has 22 heavy (non-hydrogen) atoms. The molecule has 0 bridgehead atoms. The molecule has 0 spiro atoms. The van der Waals surface area contributed by atoms with Crippen molar-refractivity contribution in [3.05, 3.63) is 34.4 Å². The summed E-state index contributed by atoms with van der Waals surface area (Å²) in [6, 6.07) is 5.27. The Morgan fingerprint density at radius 1 is 1.27 bits per heavy atom. The molecule has 0 radical (unpaired) electrons. The van der Waals surface area contributed by atoms with Crippen LogP contribution in [0.15, 0.2) is 24.3 Å². The van der Waals surface area contributed by atoms with Crippen LogP contribution in [0.3, 0.4) is 0 Å². The number of esters is 1. The maximum atomic E-state index is 11.8. The average molecular weight is 356 g/mol. The Morgan fingerprint density at radius 2 is 1.86 bits per heavy atom. The quantitative estimate of drug-likeness (QED) is 0.306. The van der Waals surface area contributed by atoms with E-state index in [9.17, 15) is 18.8 Å². The van der Waals surface area contributed by atoms with Gasteiger partial charge in [-0.1, -0.05) is 0 Å². The van der Waals surface area contributed by atoms with Crippen LogP contribution < -0.4 is 4.50 Å². The number of nitrogens with zero attached hydrogens (tertiary/aromatic N) is 1. The SMILES string of the molecule is CCC(C)(C)C(=O)OCC[O][Co](=[O])[c]1ccc([N+](=O)[O-])cc1. The van der Waals surface area contributed by atoms with Gasteiger partial charge in [0.05, 0.1) is 0 Å². The number of nitro benzene ring substituents is 1. The summed E-state index contributed by atoms with van der Waals surface area (Å²) in [6.07, 6.45) is 0.656. The first-order chi connectivity index (χ1) is 10.3. The van der Waals surface area contributed by atoms with Crippen molar-refractivity contribution in [2.24, 2.45) is 5.41 Å². The zero-order valence-electron chi connectivity index (χ0n) is 12.7. The van der Waals surface area contributed by atoms with Crippen LogP contribution >= 0.6 is 0 Å². The van der Waals surface area contributed by atoms with E-state index in [1.807, 2.05) is 6.92 Å². The Bertz CT molecular complexity index is 555. The van der Waals surface area contributed by atoms with Gasteiger partial charge < -0.3 is 0 Å². The third kappa shape index (κ3) is 5.28. The van der Waals surface area contributed by atoms with E-state index in [0.29, 0.717) is 10.9 Å². The molecule has 0 aliphatic rings. The molecule has 0 heterocycles. The van der Waals surface area contributed by atoms with E-state index in [1.54, 1.807) is 13.8 Å². The summed E-state index contributed by atoms with van der Waals surface area (Å²) in [5.41, 5.74) is -0.636. The molecule has 8 heteroatoms. The molecule has 0 amide bonds. The van der Waals surface area contributed by atoms with Gasteiger partial charge in [-0.25, -0.2) is 0 Å². The maximum absolute atomic E-state index is 11.8. The Labute approximate surface area is 133 Å². The van der Waals surface area contributed by atoms with E-state index < -0.39 is 24.2 Å². The second-order valence-electron chi connectivity index (χ2n) is 5.07. The van der Waals surface area contributed by atoms with Crippen LogP contribution in [-0.4, -0.2) is 24.1 Å². The summed E-state index contributed by atoms with van der Waals surface area (Å²) < 4.78 is 22.3. The molecule has 0 unspecified atom stereocenters. The molecule has 1 rings (SSSR count). The number of hydrogen-bond acceptors (Lipinski definition) is 6. The van der Waals surface area contributed by atoms with Gasteiger partial charge in [-0.2, -0.15) is 0 Å². The van der Waals surface area contributed by atoms with Crippen molar-refractivity contribution >= 4 is 16.2 Å². The molecule has 0 atom stereocenters. The first-order valence-corrected chi connectivity index (χ1v) is 8.02. The molecule has 125 valence electrons. The van der Waals surface area contributed by atoms with Crippen molar-refractivity contribution < 1.29 is 36.1 Å². The number of ether oxygens (including phenoxy) is 1. The molecule has 0 saturated carbocycles. The van der Waals surface area contributed by atoms with Crippen molar-refractivity contribution in [3.8, 4) is 0 Å². The van der Waals surface area contributed by atoms with E-state index in [4.69, 9.17) is 8.59 Å². The Hall–Kier alpha value is -1.64. The van der Waals surface area contributed by atoms with Gasteiger partial charge in [-0.15, -0.1) is 0 Å². The van der Waals surface area contributed by atoms with Gasteiger partial charge in [0.25, 0.3) is 0 Å². The molecule has 0 N–H and O–H groups in total. The first-order valence-electron chi connectivity index (χ1n) is 6.65. The third-order valence-electron chi connectivity index (χ3n) is 3.09. The summed E-state index contributed by atoms with van der Waals surface area (Å²) >= 11 is -2.11. The number of non-ortho nitro benzene ring substituents is 1. The van der Waals surface area contributed by atoms with Crippen LogP contribution in [0.1, 0.15) is 27.2 Å². The van der Waals surface area contributed by atoms with E-state index in [1.165, 1.54) is 24.3 Å². The zero-order chi connectivity index (χ0) is 16.8. The fourth-order valence-electron chi connectivity index (χ4n) is 1.27. The van der Waals surface area contributed by atoms with E-state index in [-0.39, 0.29) is 24.9 Å². The summed E-state index contributed by atoms with van der Waals surface area (Å²) in [4.78, 5) is 21.7. The topological polar surface area (TPSA) is 95.7 Å². The van der Waals surface area contributed by atoms with Gasteiger partial charge in [0.2, 0.25) is 0 Å². The Balaban J connectivity index is 2.41. The summed E-state index contributed by atoms with van der Waals surface area (Å²) in [5, 5.41) is 10.5. The van der Waals surface area contributed by atoms with Crippen molar-refractivity contribution in [2.75, 3.05) is 13.2 Å². The van der Waals surface area contributed by atoms with Gasteiger partial charge in [0, 0.05) is 0 Å². The normalized spacial score (nSPS) is 11.9. The van der Waals surface area contributed by atoms with Crippen LogP contribution in [0.25, 0.3) is 0 Å². The number of carbonyl (C=O) groups is 1. The first kappa shape index (κ1) is 18.4. The molecule has 0 fully saturated rings. The van der Waals surface area contributed by atoms with Crippen LogP contribution in [0.5, 0.6) is 0 Å². The summed E-state index contributed by atoms with van der Waals surface area (Å²) in [5.74, 6) is -0.330. The predicted octanol–water partition coefficient (Wildman–Crippen LogP) is 2.09. The van der Waals surface area contributed by atoms with Gasteiger partial charge in [0.1, 0.15) is 0 Å². The Kier molecular flexibility index (Phi) is 6.79. The Morgan fingerprint density at radius 3 is 2.36 bits per heavy atom. The molecule has 1 aromatic rings. The van der Waals surface area contributed by atoms with Crippen LogP contribution in [0.2, 0.25) is 0 Å². The molecule has 0 aliphatic carbocycles. The minimum atomic E-state index is -2.11. The van der Waals surface area contributed by atoms with Crippen LogP contribution in [0, 0.1) is 15.5 Å². The van der Waals surface area contributed by atoms with Crippen molar-refractivity contribution in [3.63, 3.8) is 0 Å². The number of hydrogen-bond donors (Lipinski definition) is 0. The van der Waals surface area contributed by atoms with Gasteiger partial charge >= 0.3 is 132 Å². The fraction of sp³-hybridized carbons (Fsp3) is 0.500. The average Bonchev–Trinajstić information content (AvgIpc) is 2.51. The summed E-state index contributed by atoms with van der Waals surface area (Å²) in [6.45, 7) is 5.47. The molecular formula is C14H19CoNO6. The molecule has 0 saturated heterocycles. The number of nitro groups is 1. The van der Waals surface area contributed by atoms with Crippen LogP contribution in [-0.2, 0) is 31.2 Å². The molecule has 0 aromatic heterocycles. The van der Waals surface area contributed by atoms with E-state index >= 15 is 0 Å². The van der Waals surface area contributed by atoms with Crippen molar-refractivity contribution in [2.45, 2.75) is 27.2 Å². The van der Waals surface area contributed by atoms with Gasteiger partial charge in [-0.05, 0) is 0 Å². The zero-order valence-corrected chi connectivity index (χ0v) is 13.7. The number of rotatable bonds is 8. The van der Waals surface area contributed by atoms with E-state index in [0.717, 1.165) is 0 Å². The minimum absolute atomic E-state index is 0.00329. The third-order valence-corrected chi connectivity index (χ3v) is 4.41. The molecule has 7 nitrogen and oxygen atoms in total. The van der Waals surface area contributed by atoms with Gasteiger partial charge in [0.15, 0.2) is 0 Å². The molecule has 1 aromatic carbocycles. The standard InChI is InChI=1S/C8H15O3.C6H4NO2.Co.O/c1-4-8(2,3)7(10)11-6-5-9;8-7(9)6-4-2-1-3-5-6;;/h4-6H2,1-3H3;2-5H;;/q-1;;+1;. The predicted molar refractivity (Wildman–Crippen MR) is 74.4 cm³/mol. The van der Waals surface area contributed by atoms with Crippen LogP contribution in [0.4, 0.5) is 5.69 Å². The monoisotopic (exact) mass is 356 g/mol. The molecular weight excluding hydrogens is 337 g/mol. The van der Waals surface area contributed by atoms with Crippen molar-refractivity contribution in [1.82, 2.24) is 0 Å². The van der Waals surface area contributed by atoms with Crippen molar-refractivity contribution in [1.29, 1.82) is 0 Å². The number of benzene rings is 1. The van der Waals surface area contributed by atoms with E-state index in [2.05, 4.69) is 0 Å². The number of carbonyl (C=O) groups excluding carboxylic acids is 1.